The molecular weight excluding hydrogens is 324 g/mol. The van der Waals surface area contributed by atoms with Gasteiger partial charge >= 0.3 is 0 Å². The molecule has 1 aliphatic rings. The number of hydrogen-bond acceptors (Lipinski definition) is 6. The fraction of sp³-hybridized carbons (Fsp3) is 0.200. The van der Waals surface area contributed by atoms with Crippen LogP contribution in [0.2, 0.25) is 0 Å². The van der Waals surface area contributed by atoms with Gasteiger partial charge in [0.05, 0.1) is 17.4 Å². The highest BCUT2D eigenvalue weighted by atomic mass is 14.9. The minimum Gasteiger partial charge on any atom is -0.398 e. The number of nitrogens with one attached hydrogen (secondary N) is 2. The fourth-order valence-corrected chi connectivity index (χ4v) is 3.80. The van der Waals surface area contributed by atoms with E-state index in [1.165, 1.54) is 23.6 Å². The molecule has 2 aromatic heterocycles. The van der Waals surface area contributed by atoms with E-state index in [9.17, 15) is 0 Å². The minimum atomic E-state index is 0.369. The zero-order valence-electron chi connectivity index (χ0n) is 14.3. The molecule has 1 aromatic carbocycles. The minimum absolute atomic E-state index is 0.369. The maximum atomic E-state index is 7.77. The summed E-state index contributed by atoms with van der Waals surface area (Å²) in [4.78, 5) is 9.09. The van der Waals surface area contributed by atoms with Crippen LogP contribution in [0.15, 0.2) is 24.4 Å². The van der Waals surface area contributed by atoms with Crippen LogP contribution >= 0.6 is 0 Å². The third-order valence-electron chi connectivity index (χ3n) is 5.08. The molecule has 0 saturated heterocycles. The van der Waals surface area contributed by atoms with E-state index in [2.05, 4.69) is 4.98 Å². The van der Waals surface area contributed by atoms with Crippen LogP contribution in [-0.2, 0) is 12.8 Å². The molecule has 0 bridgehead atoms. The summed E-state index contributed by atoms with van der Waals surface area (Å²) >= 11 is 0. The molecule has 0 fully saturated rings. The van der Waals surface area contributed by atoms with Gasteiger partial charge in [-0.1, -0.05) is 6.07 Å². The van der Waals surface area contributed by atoms with Gasteiger partial charge < -0.3 is 22.3 Å². The summed E-state index contributed by atoms with van der Waals surface area (Å²) in [5, 5.41) is 16.3. The second kappa shape index (κ2) is 6.22. The van der Waals surface area contributed by atoms with Crippen molar-refractivity contribution in [2.24, 2.45) is 0 Å². The number of nitrogen functional groups attached to an aromatic ring is 2. The second-order valence-electron chi connectivity index (χ2n) is 6.57. The molecule has 6 heteroatoms. The third-order valence-corrected chi connectivity index (χ3v) is 5.08. The lowest BCUT2D eigenvalue weighted by Crippen LogP contribution is -2.10. The molecule has 6 N–H and O–H groups in total. The molecular formula is C20H20N6. The Hall–Kier alpha value is -3.28. The molecule has 6 nitrogen and oxygen atoms in total. The number of nitrogens with two attached hydrogens (primary N) is 2. The summed E-state index contributed by atoms with van der Waals surface area (Å²) < 4.78 is 0. The Labute approximate surface area is 151 Å². The van der Waals surface area contributed by atoms with Crippen molar-refractivity contribution in [2.45, 2.75) is 25.7 Å². The largest absolute Gasteiger partial charge is 0.398 e. The van der Waals surface area contributed by atoms with Crippen molar-refractivity contribution in [2.75, 3.05) is 11.5 Å². The summed E-state index contributed by atoms with van der Waals surface area (Å²) in [7, 11) is 0. The van der Waals surface area contributed by atoms with Gasteiger partial charge in [-0.05, 0) is 48.9 Å². The highest BCUT2D eigenvalue weighted by Crippen LogP contribution is 2.37. The van der Waals surface area contributed by atoms with Gasteiger partial charge in [0.2, 0.25) is 0 Å². The molecule has 130 valence electrons. The number of aryl methyl sites for hydroxylation is 1. The molecule has 0 radical (unpaired) electrons. The Morgan fingerprint density at radius 2 is 1.77 bits per heavy atom. The maximum Gasteiger partial charge on any atom is 0.132 e. The van der Waals surface area contributed by atoms with E-state index in [4.69, 9.17) is 27.3 Å². The first kappa shape index (κ1) is 16.2. The summed E-state index contributed by atoms with van der Waals surface area (Å²) in [6.45, 7) is 0. The highest BCUT2D eigenvalue weighted by molar-refractivity contribution is 6.04. The van der Waals surface area contributed by atoms with Gasteiger partial charge in [0, 0.05) is 40.2 Å². The average Bonchev–Trinajstić information content (AvgIpc) is 2.68. The molecule has 0 spiro atoms. The molecule has 0 unspecified atom stereocenters. The lowest BCUT2D eigenvalue weighted by Gasteiger charge is -2.22. The summed E-state index contributed by atoms with van der Waals surface area (Å²) in [5.41, 5.74) is 18.9. The first-order valence-corrected chi connectivity index (χ1v) is 8.64. The van der Waals surface area contributed by atoms with Crippen LogP contribution in [-0.4, -0.2) is 22.4 Å². The molecule has 0 aliphatic heterocycles. The number of fused-ring (bicyclic) bond motifs is 3. The van der Waals surface area contributed by atoms with Gasteiger partial charge in [-0.2, -0.15) is 0 Å². The van der Waals surface area contributed by atoms with Crippen LogP contribution in [0.3, 0.4) is 0 Å². The summed E-state index contributed by atoms with van der Waals surface area (Å²) in [6.07, 6.45) is 8.33. The quantitative estimate of drug-likeness (QED) is 0.429. The predicted octanol–water partition coefficient (Wildman–Crippen LogP) is 3.34. The first-order chi connectivity index (χ1) is 12.6. The SMILES string of the molecule is N=Cc1cc(-c2nc3cnc(N)c(C=N)c3c3c2CCCC3)ccc1N. The lowest BCUT2D eigenvalue weighted by atomic mass is 9.85. The Morgan fingerprint density at radius 3 is 2.50 bits per heavy atom. The Balaban J connectivity index is 2.07. The number of anilines is 2. The van der Waals surface area contributed by atoms with Crippen LogP contribution < -0.4 is 11.5 Å². The number of rotatable bonds is 3. The predicted molar refractivity (Wildman–Crippen MR) is 106 cm³/mol. The average molecular weight is 344 g/mol. The van der Waals surface area contributed by atoms with Gasteiger partial charge in [-0.15, -0.1) is 0 Å². The molecule has 0 amide bonds. The number of hydrogen-bond donors (Lipinski definition) is 4. The lowest BCUT2D eigenvalue weighted by molar-refractivity contribution is 0.689. The fourth-order valence-electron chi connectivity index (χ4n) is 3.80. The van der Waals surface area contributed by atoms with Crippen LogP contribution in [0, 0.1) is 10.8 Å². The second-order valence-corrected chi connectivity index (χ2v) is 6.57. The van der Waals surface area contributed by atoms with Crippen molar-refractivity contribution >= 4 is 34.8 Å². The molecule has 2 heterocycles. The van der Waals surface area contributed by atoms with E-state index in [0.29, 0.717) is 22.6 Å². The number of aromatic nitrogens is 2. The van der Waals surface area contributed by atoms with Gasteiger partial charge in [0.25, 0.3) is 0 Å². The number of nitrogens with zero attached hydrogens (tertiary/aromatic N) is 2. The zero-order valence-corrected chi connectivity index (χ0v) is 14.3. The van der Waals surface area contributed by atoms with Crippen molar-refractivity contribution in [1.82, 2.24) is 9.97 Å². The Kier molecular flexibility index (Phi) is 3.88. The number of benzene rings is 1. The van der Waals surface area contributed by atoms with Gasteiger partial charge in [0.15, 0.2) is 0 Å². The van der Waals surface area contributed by atoms with E-state index in [1.807, 2.05) is 18.2 Å². The monoisotopic (exact) mass is 344 g/mol. The van der Waals surface area contributed by atoms with Gasteiger partial charge in [-0.25, -0.2) is 9.97 Å². The van der Waals surface area contributed by atoms with Crippen molar-refractivity contribution < 1.29 is 0 Å². The first-order valence-electron chi connectivity index (χ1n) is 8.64. The standard InChI is InChI=1S/C20H20N6/c21-8-12-7-11(5-6-16(12)23)19-14-4-2-1-3-13(14)18-15(9-22)20(24)25-10-17(18)26-19/h5-10,21-22H,1-4,23H2,(H2,24,25). The van der Waals surface area contributed by atoms with Gasteiger partial charge in [0.1, 0.15) is 5.82 Å². The number of pyridine rings is 2. The van der Waals surface area contributed by atoms with Crippen molar-refractivity contribution in [3.05, 3.63) is 46.6 Å². The van der Waals surface area contributed by atoms with Crippen LogP contribution in [0.4, 0.5) is 11.5 Å². The maximum absolute atomic E-state index is 7.77. The smallest absolute Gasteiger partial charge is 0.132 e. The normalized spacial score (nSPS) is 13.4. The Bertz CT molecular complexity index is 1050. The molecule has 3 aromatic rings. The van der Waals surface area contributed by atoms with E-state index >= 15 is 0 Å². The van der Waals surface area contributed by atoms with E-state index in [-0.39, 0.29) is 0 Å². The van der Waals surface area contributed by atoms with Crippen molar-refractivity contribution in [3.8, 4) is 11.3 Å². The summed E-state index contributed by atoms with van der Waals surface area (Å²) in [6, 6.07) is 5.68. The molecule has 1 aliphatic carbocycles. The van der Waals surface area contributed by atoms with Gasteiger partial charge in [-0.3, -0.25) is 0 Å². The van der Waals surface area contributed by atoms with E-state index in [1.54, 1.807) is 6.20 Å². The molecule has 0 atom stereocenters. The Morgan fingerprint density at radius 1 is 1.00 bits per heavy atom. The van der Waals surface area contributed by atoms with Crippen molar-refractivity contribution in [1.29, 1.82) is 10.8 Å². The molecule has 0 saturated carbocycles. The van der Waals surface area contributed by atoms with Crippen molar-refractivity contribution in [3.63, 3.8) is 0 Å². The summed E-state index contributed by atoms with van der Waals surface area (Å²) in [5.74, 6) is 0.369. The van der Waals surface area contributed by atoms with Crippen LogP contribution in [0.5, 0.6) is 0 Å². The molecule has 4 rings (SSSR count). The van der Waals surface area contributed by atoms with Crippen LogP contribution in [0.25, 0.3) is 22.2 Å². The van der Waals surface area contributed by atoms with Crippen LogP contribution in [0.1, 0.15) is 35.1 Å². The highest BCUT2D eigenvalue weighted by Gasteiger charge is 2.22. The third kappa shape index (κ3) is 2.42. The van der Waals surface area contributed by atoms with E-state index < -0.39 is 0 Å². The van der Waals surface area contributed by atoms with E-state index in [0.717, 1.165) is 47.8 Å². The zero-order chi connectivity index (χ0) is 18.3. The molecule has 26 heavy (non-hydrogen) atoms. The topological polar surface area (TPSA) is 126 Å².